The number of nitrogens with zero attached hydrogens (tertiary/aromatic N) is 2. The van der Waals surface area contributed by atoms with Crippen LogP contribution in [0.4, 0.5) is 0 Å². The molecule has 0 aromatic heterocycles. The Morgan fingerprint density at radius 1 is 0.923 bits per heavy atom. The number of amides is 2. The van der Waals surface area contributed by atoms with E-state index < -0.39 is 5.41 Å². The molecule has 1 aromatic carbocycles. The van der Waals surface area contributed by atoms with E-state index in [1.165, 1.54) is 5.56 Å². The molecule has 2 aliphatic heterocycles. The quantitative estimate of drug-likeness (QED) is 0.777. The highest BCUT2D eigenvalue weighted by Crippen LogP contribution is 2.49. The highest BCUT2D eigenvalue weighted by molar-refractivity contribution is 6.07. The summed E-state index contributed by atoms with van der Waals surface area (Å²) in [5, 5.41) is 0. The van der Waals surface area contributed by atoms with E-state index in [1.54, 1.807) is 0 Å². The van der Waals surface area contributed by atoms with Gasteiger partial charge in [-0.25, -0.2) is 0 Å². The average Bonchev–Trinajstić information content (AvgIpc) is 3.51. The zero-order chi connectivity index (χ0) is 18.0. The highest BCUT2D eigenvalue weighted by atomic mass is 16.5. The maximum Gasteiger partial charge on any atom is 0.238 e. The molecule has 3 aliphatic rings. The lowest BCUT2D eigenvalue weighted by atomic mass is 9.89. The zero-order valence-electron chi connectivity index (χ0n) is 15.4. The Morgan fingerprint density at radius 2 is 1.50 bits per heavy atom. The molecule has 1 aromatic rings. The first-order chi connectivity index (χ1) is 12.7. The van der Waals surface area contributed by atoms with Gasteiger partial charge in [0, 0.05) is 26.2 Å². The number of carbonyl (C=O) groups is 2. The van der Waals surface area contributed by atoms with Crippen LogP contribution in [0.15, 0.2) is 30.3 Å². The minimum Gasteiger partial charge on any atom is -0.378 e. The van der Waals surface area contributed by atoms with Crippen molar-refractivity contribution in [1.29, 1.82) is 0 Å². The Morgan fingerprint density at radius 3 is 2.08 bits per heavy atom. The number of morpholine rings is 1. The van der Waals surface area contributed by atoms with E-state index in [4.69, 9.17) is 4.74 Å². The van der Waals surface area contributed by atoms with Gasteiger partial charge in [-0.1, -0.05) is 30.3 Å². The number of hydrogen-bond donors (Lipinski definition) is 0. The Hall–Kier alpha value is -1.88. The van der Waals surface area contributed by atoms with Gasteiger partial charge < -0.3 is 14.5 Å². The normalized spacial score (nSPS) is 22.9. The van der Waals surface area contributed by atoms with Crippen molar-refractivity contribution in [3.8, 4) is 0 Å². The van der Waals surface area contributed by atoms with Crippen molar-refractivity contribution in [3.63, 3.8) is 0 Å². The molecule has 140 valence electrons. The van der Waals surface area contributed by atoms with Crippen molar-refractivity contribution in [3.05, 3.63) is 35.9 Å². The van der Waals surface area contributed by atoms with Gasteiger partial charge in [-0.05, 0) is 43.6 Å². The fourth-order valence-electron chi connectivity index (χ4n) is 4.30. The lowest BCUT2D eigenvalue weighted by Crippen LogP contribution is -2.51. The first kappa shape index (κ1) is 17.5. The van der Waals surface area contributed by atoms with Crippen LogP contribution in [0.25, 0.3) is 0 Å². The van der Waals surface area contributed by atoms with Crippen LogP contribution < -0.4 is 0 Å². The lowest BCUT2D eigenvalue weighted by molar-refractivity contribution is -0.152. The number of benzene rings is 1. The molecule has 0 bridgehead atoms. The molecule has 0 atom stereocenters. The van der Waals surface area contributed by atoms with Gasteiger partial charge in [0.05, 0.1) is 13.2 Å². The standard InChI is InChI=1S/C21H28N2O3/c24-19(21(8-9-21)20(25)23-12-14-26-15-13-23)22-10-6-18(7-11-22)16-17-4-2-1-3-5-17/h1-5,18H,6-16H2. The molecule has 0 spiro atoms. The second-order valence-electron chi connectivity index (χ2n) is 7.91. The number of rotatable bonds is 4. The Labute approximate surface area is 155 Å². The van der Waals surface area contributed by atoms with E-state index in [1.807, 2.05) is 15.9 Å². The predicted octanol–water partition coefficient (Wildman–Crippen LogP) is 2.11. The van der Waals surface area contributed by atoms with Gasteiger partial charge in [0.1, 0.15) is 5.41 Å². The van der Waals surface area contributed by atoms with E-state index in [-0.39, 0.29) is 11.8 Å². The Kier molecular flexibility index (Phi) is 4.98. The third-order valence-corrected chi connectivity index (χ3v) is 6.14. The van der Waals surface area contributed by atoms with E-state index in [9.17, 15) is 9.59 Å². The van der Waals surface area contributed by atoms with Crippen molar-refractivity contribution in [2.45, 2.75) is 32.1 Å². The van der Waals surface area contributed by atoms with Gasteiger partial charge >= 0.3 is 0 Å². The van der Waals surface area contributed by atoms with Crippen LogP contribution in [0, 0.1) is 11.3 Å². The van der Waals surface area contributed by atoms with Crippen LogP contribution in [0.2, 0.25) is 0 Å². The summed E-state index contributed by atoms with van der Waals surface area (Å²) in [6.07, 6.45) is 4.57. The minimum absolute atomic E-state index is 0.0391. The number of piperidine rings is 1. The number of likely N-dealkylation sites (tertiary alicyclic amines) is 1. The number of ether oxygens (including phenoxy) is 1. The van der Waals surface area contributed by atoms with Crippen molar-refractivity contribution in [2.75, 3.05) is 39.4 Å². The summed E-state index contributed by atoms with van der Waals surface area (Å²) in [7, 11) is 0. The first-order valence-electron chi connectivity index (χ1n) is 9.89. The number of hydrogen-bond acceptors (Lipinski definition) is 3. The van der Waals surface area contributed by atoms with Crippen LogP contribution in [0.3, 0.4) is 0 Å². The van der Waals surface area contributed by atoms with E-state index in [2.05, 4.69) is 24.3 Å². The highest BCUT2D eigenvalue weighted by Gasteiger charge is 2.59. The van der Waals surface area contributed by atoms with Crippen LogP contribution in [0.1, 0.15) is 31.2 Å². The second kappa shape index (κ2) is 7.39. The third kappa shape index (κ3) is 3.50. The predicted molar refractivity (Wildman–Crippen MR) is 98.5 cm³/mol. The van der Waals surface area contributed by atoms with Gasteiger partial charge in [0.15, 0.2) is 0 Å². The molecule has 3 fully saturated rings. The van der Waals surface area contributed by atoms with Crippen molar-refractivity contribution in [1.82, 2.24) is 9.80 Å². The second-order valence-corrected chi connectivity index (χ2v) is 7.91. The summed E-state index contributed by atoms with van der Waals surface area (Å²) in [6.45, 7) is 3.98. The molecule has 5 nitrogen and oxygen atoms in total. The van der Waals surface area contributed by atoms with Crippen LogP contribution >= 0.6 is 0 Å². The molecular weight excluding hydrogens is 328 g/mol. The van der Waals surface area contributed by atoms with Crippen LogP contribution in [-0.4, -0.2) is 61.0 Å². The number of carbonyl (C=O) groups excluding carboxylic acids is 2. The van der Waals surface area contributed by atoms with Gasteiger partial charge in [-0.2, -0.15) is 0 Å². The van der Waals surface area contributed by atoms with Gasteiger partial charge in [-0.3, -0.25) is 9.59 Å². The van der Waals surface area contributed by atoms with E-state index in [0.29, 0.717) is 45.1 Å². The zero-order valence-corrected chi connectivity index (χ0v) is 15.4. The average molecular weight is 356 g/mol. The summed E-state index contributed by atoms with van der Waals surface area (Å²) in [4.78, 5) is 29.8. The van der Waals surface area contributed by atoms with E-state index >= 15 is 0 Å². The van der Waals surface area contributed by atoms with Crippen LogP contribution in [-0.2, 0) is 20.7 Å². The van der Waals surface area contributed by atoms with Crippen molar-refractivity contribution >= 4 is 11.8 Å². The molecule has 4 rings (SSSR count). The maximum absolute atomic E-state index is 13.1. The largest absolute Gasteiger partial charge is 0.378 e. The van der Waals surface area contributed by atoms with Crippen molar-refractivity contribution in [2.24, 2.45) is 11.3 Å². The molecule has 0 unspecified atom stereocenters. The summed E-state index contributed by atoms with van der Waals surface area (Å²) in [5.41, 5.74) is 0.627. The Balaban J connectivity index is 1.32. The molecule has 0 radical (unpaired) electrons. The first-order valence-corrected chi connectivity index (χ1v) is 9.89. The summed E-state index contributed by atoms with van der Waals surface area (Å²) < 4.78 is 5.33. The topological polar surface area (TPSA) is 49.9 Å². The van der Waals surface area contributed by atoms with Crippen molar-refractivity contribution < 1.29 is 14.3 Å². The molecule has 5 heteroatoms. The van der Waals surface area contributed by atoms with E-state index in [0.717, 1.165) is 32.4 Å². The van der Waals surface area contributed by atoms with Gasteiger partial charge in [-0.15, -0.1) is 0 Å². The summed E-state index contributed by atoms with van der Waals surface area (Å²) >= 11 is 0. The summed E-state index contributed by atoms with van der Waals surface area (Å²) in [5.74, 6) is 0.746. The monoisotopic (exact) mass is 356 g/mol. The van der Waals surface area contributed by atoms with Gasteiger partial charge in [0.25, 0.3) is 0 Å². The molecular formula is C21H28N2O3. The molecule has 2 saturated heterocycles. The lowest BCUT2D eigenvalue weighted by Gasteiger charge is -2.36. The fraction of sp³-hybridized carbons (Fsp3) is 0.619. The smallest absolute Gasteiger partial charge is 0.238 e. The molecule has 0 N–H and O–H groups in total. The molecule has 26 heavy (non-hydrogen) atoms. The fourth-order valence-corrected chi connectivity index (χ4v) is 4.30. The molecule has 2 heterocycles. The van der Waals surface area contributed by atoms with Crippen LogP contribution in [0.5, 0.6) is 0 Å². The Bertz CT molecular complexity index is 642. The molecule has 1 aliphatic carbocycles. The summed E-state index contributed by atoms with van der Waals surface area (Å²) in [6, 6.07) is 10.6. The third-order valence-electron chi connectivity index (χ3n) is 6.14. The van der Waals surface area contributed by atoms with Gasteiger partial charge in [0.2, 0.25) is 11.8 Å². The SMILES string of the molecule is O=C(N1CCOCC1)C1(C(=O)N2CCC(Cc3ccccc3)CC2)CC1. The minimum atomic E-state index is -0.746. The molecule has 2 amide bonds. The maximum atomic E-state index is 13.1. The molecule has 1 saturated carbocycles.